The second kappa shape index (κ2) is 5.63. The topological polar surface area (TPSA) is 121 Å². The molecule has 0 aromatic carbocycles. The number of amides is 1. The Morgan fingerprint density at radius 3 is 2.78 bits per heavy atom. The van der Waals surface area contributed by atoms with E-state index in [1.165, 1.54) is 12.5 Å². The van der Waals surface area contributed by atoms with Crippen molar-refractivity contribution in [1.29, 1.82) is 0 Å². The van der Waals surface area contributed by atoms with Crippen LogP contribution in [0.4, 0.5) is 0 Å². The van der Waals surface area contributed by atoms with Crippen molar-refractivity contribution in [2.45, 2.75) is 38.3 Å². The molecule has 100 valence electrons. The average Bonchev–Trinajstić information content (AvgIpc) is 2.80. The largest absolute Gasteiger partial charge is 0.480 e. The molecule has 0 saturated carbocycles. The van der Waals surface area contributed by atoms with Gasteiger partial charge in [-0.1, -0.05) is 6.92 Å². The molecule has 0 radical (unpaired) electrons. The van der Waals surface area contributed by atoms with Crippen LogP contribution in [0.5, 0.6) is 0 Å². The Hall–Kier alpha value is -1.89. The van der Waals surface area contributed by atoms with Gasteiger partial charge >= 0.3 is 5.97 Å². The van der Waals surface area contributed by atoms with E-state index < -0.39 is 23.5 Å². The van der Waals surface area contributed by atoms with Crippen molar-refractivity contribution >= 4 is 11.9 Å². The molecule has 0 fully saturated rings. The lowest BCUT2D eigenvalue weighted by atomic mass is 9.98. The molecule has 1 amide bonds. The number of hydrogen-bond donors (Lipinski definition) is 4. The summed E-state index contributed by atoms with van der Waals surface area (Å²) in [6, 6.07) is -1.02. The molecule has 18 heavy (non-hydrogen) atoms. The standard InChI is InChI=1S/C11H18N4O3/c1-3-11(2,12)10(18)15-8(9(16)17)4-7-5-13-6-14-7/h5-6,8H,3-4,12H2,1-2H3,(H,13,14)(H,15,18)(H,16,17)/t8-,11?/m0/s1. The molecule has 0 saturated heterocycles. The molecule has 0 aliphatic heterocycles. The summed E-state index contributed by atoms with van der Waals surface area (Å²) in [5.41, 5.74) is 5.33. The number of hydrogen-bond acceptors (Lipinski definition) is 4. The highest BCUT2D eigenvalue weighted by Gasteiger charge is 2.30. The van der Waals surface area contributed by atoms with E-state index in [0.717, 1.165) is 0 Å². The molecule has 0 aliphatic carbocycles. The second-order valence-corrected chi connectivity index (χ2v) is 4.42. The van der Waals surface area contributed by atoms with Crippen molar-refractivity contribution in [3.05, 3.63) is 18.2 Å². The van der Waals surface area contributed by atoms with E-state index in [0.29, 0.717) is 12.1 Å². The molecule has 0 bridgehead atoms. The van der Waals surface area contributed by atoms with Gasteiger partial charge in [0.25, 0.3) is 0 Å². The molecule has 1 aromatic heterocycles. The van der Waals surface area contributed by atoms with Gasteiger partial charge in [-0.15, -0.1) is 0 Å². The molecular weight excluding hydrogens is 236 g/mol. The smallest absolute Gasteiger partial charge is 0.326 e. The quantitative estimate of drug-likeness (QED) is 0.553. The van der Waals surface area contributed by atoms with E-state index in [-0.39, 0.29) is 6.42 Å². The van der Waals surface area contributed by atoms with Gasteiger partial charge in [0.2, 0.25) is 5.91 Å². The zero-order valence-electron chi connectivity index (χ0n) is 10.4. The van der Waals surface area contributed by atoms with Crippen LogP contribution in [0, 0.1) is 0 Å². The van der Waals surface area contributed by atoms with Gasteiger partial charge < -0.3 is 21.1 Å². The Morgan fingerprint density at radius 2 is 2.33 bits per heavy atom. The molecule has 5 N–H and O–H groups in total. The summed E-state index contributed by atoms with van der Waals surface area (Å²) in [5, 5.41) is 11.5. The number of carboxylic acid groups (broad SMARTS) is 1. The van der Waals surface area contributed by atoms with Crippen LogP contribution in [0.25, 0.3) is 0 Å². The highest BCUT2D eigenvalue weighted by molar-refractivity contribution is 5.89. The van der Waals surface area contributed by atoms with Crippen molar-refractivity contribution < 1.29 is 14.7 Å². The number of carboxylic acids is 1. The Morgan fingerprint density at radius 1 is 1.67 bits per heavy atom. The van der Waals surface area contributed by atoms with Gasteiger partial charge in [-0.05, 0) is 13.3 Å². The number of nitrogens with zero attached hydrogens (tertiary/aromatic N) is 1. The fourth-order valence-corrected chi connectivity index (χ4v) is 1.30. The zero-order valence-corrected chi connectivity index (χ0v) is 10.4. The van der Waals surface area contributed by atoms with Crippen LogP contribution in [-0.2, 0) is 16.0 Å². The normalized spacial score (nSPS) is 15.7. The molecule has 7 heteroatoms. The molecule has 1 aromatic rings. The zero-order chi connectivity index (χ0) is 13.8. The van der Waals surface area contributed by atoms with Crippen molar-refractivity contribution in [3.8, 4) is 0 Å². The van der Waals surface area contributed by atoms with E-state index in [9.17, 15) is 9.59 Å². The molecule has 1 rings (SSSR count). The van der Waals surface area contributed by atoms with Crippen LogP contribution in [0.1, 0.15) is 26.0 Å². The Kier molecular flexibility index (Phi) is 4.43. The lowest BCUT2D eigenvalue weighted by molar-refractivity contribution is -0.142. The number of aliphatic carboxylic acids is 1. The highest BCUT2D eigenvalue weighted by atomic mass is 16.4. The van der Waals surface area contributed by atoms with Crippen LogP contribution in [0.3, 0.4) is 0 Å². The third-order valence-electron chi connectivity index (χ3n) is 2.84. The number of rotatable bonds is 6. The number of aromatic nitrogens is 2. The van der Waals surface area contributed by atoms with E-state index in [4.69, 9.17) is 10.8 Å². The Labute approximate surface area is 105 Å². The highest BCUT2D eigenvalue weighted by Crippen LogP contribution is 2.06. The Bertz CT molecular complexity index is 414. The molecular formula is C11H18N4O3. The van der Waals surface area contributed by atoms with Gasteiger partial charge in [0.05, 0.1) is 11.9 Å². The number of imidazole rings is 1. The minimum Gasteiger partial charge on any atom is -0.480 e. The third-order valence-corrected chi connectivity index (χ3v) is 2.84. The Balaban J connectivity index is 2.70. The SMILES string of the molecule is CCC(C)(N)C(=O)N[C@@H](Cc1cnc[nH]1)C(=O)O. The van der Waals surface area contributed by atoms with Crippen LogP contribution in [0.15, 0.2) is 12.5 Å². The summed E-state index contributed by atoms with van der Waals surface area (Å²) in [4.78, 5) is 29.5. The fourth-order valence-electron chi connectivity index (χ4n) is 1.30. The summed E-state index contributed by atoms with van der Waals surface area (Å²) in [7, 11) is 0. The monoisotopic (exact) mass is 254 g/mol. The first kappa shape index (κ1) is 14.2. The number of carbonyl (C=O) groups excluding carboxylic acids is 1. The number of aromatic amines is 1. The van der Waals surface area contributed by atoms with E-state index in [1.54, 1.807) is 13.8 Å². The van der Waals surface area contributed by atoms with Gasteiger partial charge in [0, 0.05) is 18.3 Å². The van der Waals surface area contributed by atoms with Crippen molar-refractivity contribution in [2.24, 2.45) is 5.73 Å². The summed E-state index contributed by atoms with van der Waals surface area (Å²) >= 11 is 0. The summed E-state index contributed by atoms with van der Waals surface area (Å²) in [6.45, 7) is 3.34. The van der Waals surface area contributed by atoms with Gasteiger partial charge in [0.1, 0.15) is 6.04 Å². The number of nitrogens with two attached hydrogens (primary N) is 1. The number of H-pyrrole nitrogens is 1. The lowest BCUT2D eigenvalue weighted by Crippen LogP contribution is -2.55. The minimum atomic E-state index is -1.11. The van der Waals surface area contributed by atoms with Gasteiger partial charge in [-0.25, -0.2) is 9.78 Å². The maximum Gasteiger partial charge on any atom is 0.326 e. The van der Waals surface area contributed by atoms with Crippen molar-refractivity contribution in [1.82, 2.24) is 15.3 Å². The van der Waals surface area contributed by atoms with E-state index in [2.05, 4.69) is 15.3 Å². The first-order valence-corrected chi connectivity index (χ1v) is 5.66. The van der Waals surface area contributed by atoms with Crippen LogP contribution in [0.2, 0.25) is 0 Å². The summed E-state index contributed by atoms with van der Waals surface area (Å²) < 4.78 is 0. The van der Waals surface area contributed by atoms with Crippen molar-refractivity contribution in [2.75, 3.05) is 0 Å². The summed E-state index contributed by atoms with van der Waals surface area (Å²) in [5.74, 6) is -1.58. The first-order valence-electron chi connectivity index (χ1n) is 5.66. The molecule has 0 spiro atoms. The number of nitrogens with one attached hydrogen (secondary N) is 2. The maximum atomic E-state index is 11.8. The maximum absolute atomic E-state index is 11.8. The van der Waals surface area contributed by atoms with Gasteiger partial charge in [0.15, 0.2) is 0 Å². The predicted molar refractivity (Wildman–Crippen MR) is 64.7 cm³/mol. The average molecular weight is 254 g/mol. The molecule has 0 aliphatic rings. The predicted octanol–water partition coefficient (Wildman–Crippen LogP) is -0.351. The minimum absolute atomic E-state index is 0.140. The molecule has 1 heterocycles. The number of carbonyl (C=O) groups is 2. The second-order valence-electron chi connectivity index (χ2n) is 4.42. The van der Waals surface area contributed by atoms with Crippen LogP contribution < -0.4 is 11.1 Å². The van der Waals surface area contributed by atoms with Gasteiger partial charge in [-0.3, -0.25) is 4.79 Å². The molecule has 7 nitrogen and oxygen atoms in total. The van der Waals surface area contributed by atoms with Gasteiger partial charge in [-0.2, -0.15) is 0 Å². The van der Waals surface area contributed by atoms with Crippen LogP contribution in [-0.4, -0.2) is 38.5 Å². The van der Waals surface area contributed by atoms with E-state index in [1.807, 2.05) is 0 Å². The lowest BCUT2D eigenvalue weighted by Gasteiger charge is -2.24. The van der Waals surface area contributed by atoms with Crippen molar-refractivity contribution in [3.63, 3.8) is 0 Å². The fraction of sp³-hybridized carbons (Fsp3) is 0.545. The van der Waals surface area contributed by atoms with Crippen LogP contribution >= 0.6 is 0 Å². The third kappa shape index (κ3) is 3.56. The van der Waals surface area contributed by atoms with E-state index >= 15 is 0 Å². The first-order chi connectivity index (χ1) is 8.36. The summed E-state index contributed by atoms with van der Waals surface area (Å²) in [6.07, 6.45) is 3.54. The molecule has 2 atom stereocenters. The molecule has 1 unspecified atom stereocenters.